The van der Waals surface area contributed by atoms with E-state index in [-0.39, 0.29) is 12.5 Å². The summed E-state index contributed by atoms with van der Waals surface area (Å²) >= 11 is 1.32. The molecule has 0 atom stereocenters. The van der Waals surface area contributed by atoms with Crippen molar-refractivity contribution in [1.29, 1.82) is 0 Å². The number of likely N-dealkylation sites (N-methyl/N-ethyl adjacent to an activating group) is 1. The van der Waals surface area contributed by atoms with E-state index >= 15 is 0 Å². The van der Waals surface area contributed by atoms with Gasteiger partial charge in [-0.15, -0.1) is 6.42 Å². The van der Waals surface area contributed by atoms with Crippen molar-refractivity contribution in [2.75, 3.05) is 27.4 Å². The van der Waals surface area contributed by atoms with Crippen LogP contribution < -0.4 is 14.2 Å². The van der Waals surface area contributed by atoms with E-state index in [1.807, 2.05) is 49.4 Å². The molecule has 0 spiro atoms. The number of nitrogens with zero attached hydrogens (tertiary/aromatic N) is 2. The van der Waals surface area contributed by atoms with Crippen molar-refractivity contribution in [3.8, 4) is 29.6 Å². The van der Waals surface area contributed by atoms with E-state index < -0.39 is 0 Å². The van der Waals surface area contributed by atoms with Gasteiger partial charge in [-0.25, -0.2) is 4.99 Å². The molecular weight excluding hydrogens is 400 g/mol. The number of carbonyl (C=O) groups excluding carboxylic acids is 1. The number of ether oxygens (including phenoxy) is 3. The predicted octanol–water partition coefficient (Wildman–Crippen LogP) is 4.34. The molecule has 1 heterocycles. The fraction of sp³-hybridized carbons (Fsp3) is 0.217. The highest BCUT2D eigenvalue weighted by atomic mass is 32.2. The minimum atomic E-state index is -0.113. The van der Waals surface area contributed by atoms with E-state index in [1.165, 1.54) is 16.7 Å². The molecule has 1 aliphatic heterocycles. The lowest BCUT2D eigenvalue weighted by molar-refractivity contribution is -0.121. The minimum Gasteiger partial charge on any atom is -0.497 e. The van der Waals surface area contributed by atoms with E-state index in [9.17, 15) is 4.79 Å². The quantitative estimate of drug-likeness (QED) is 0.491. The number of hydrogen-bond donors (Lipinski definition) is 0. The summed E-state index contributed by atoms with van der Waals surface area (Å²) in [6, 6.07) is 12.8. The Labute approximate surface area is 180 Å². The Hall–Kier alpha value is -3.37. The molecule has 1 fully saturated rings. The molecule has 0 aliphatic carbocycles. The van der Waals surface area contributed by atoms with Crippen molar-refractivity contribution < 1.29 is 19.0 Å². The molecule has 154 valence electrons. The Morgan fingerprint density at radius 1 is 1.17 bits per heavy atom. The fourth-order valence-electron chi connectivity index (χ4n) is 2.69. The lowest BCUT2D eigenvalue weighted by atomic mass is 10.2. The molecular formula is C23H22N2O4S. The van der Waals surface area contributed by atoms with Crippen molar-refractivity contribution >= 4 is 34.6 Å². The van der Waals surface area contributed by atoms with Crippen LogP contribution in [0, 0.1) is 12.3 Å². The molecule has 2 aromatic carbocycles. The third kappa shape index (κ3) is 4.97. The number of rotatable bonds is 7. The first-order valence-corrected chi connectivity index (χ1v) is 10.1. The van der Waals surface area contributed by atoms with Gasteiger partial charge in [-0.1, -0.05) is 12.0 Å². The van der Waals surface area contributed by atoms with Crippen molar-refractivity contribution in [2.24, 2.45) is 4.99 Å². The average Bonchev–Trinajstić information content (AvgIpc) is 3.01. The van der Waals surface area contributed by atoms with E-state index in [0.717, 1.165) is 17.0 Å². The zero-order chi connectivity index (χ0) is 21.5. The largest absolute Gasteiger partial charge is 0.497 e. The second-order valence-electron chi connectivity index (χ2n) is 6.20. The number of hydrogen-bond acceptors (Lipinski definition) is 6. The van der Waals surface area contributed by atoms with Gasteiger partial charge < -0.3 is 14.2 Å². The highest BCUT2D eigenvalue weighted by Gasteiger charge is 2.30. The summed E-state index contributed by atoms with van der Waals surface area (Å²) < 4.78 is 16.3. The zero-order valence-electron chi connectivity index (χ0n) is 17.0. The monoisotopic (exact) mass is 422 g/mol. The SMILES string of the molecule is C#CCOc1ccc(/C=C2/SC(=Nc3ccc(OC)cc3)N(C)C2=O)cc1OCC. The van der Waals surface area contributed by atoms with Gasteiger partial charge in [0.15, 0.2) is 16.7 Å². The highest BCUT2D eigenvalue weighted by molar-refractivity contribution is 8.18. The molecule has 0 bridgehead atoms. The standard InChI is InChI=1S/C23H22N2O4S/c1-5-13-29-19-12-7-16(14-20(19)28-6-2)15-21-22(26)25(3)23(30-21)24-17-8-10-18(27-4)11-9-17/h1,7-12,14-15H,6,13H2,2-4H3/b21-15+,24-23?. The third-order valence-corrected chi connectivity index (χ3v) is 5.24. The molecule has 3 rings (SSSR count). The van der Waals surface area contributed by atoms with Crippen LogP contribution in [0.3, 0.4) is 0 Å². The Kier molecular flexibility index (Phi) is 7.04. The normalized spacial score (nSPS) is 16.1. The molecule has 2 aromatic rings. The summed E-state index contributed by atoms with van der Waals surface area (Å²) in [4.78, 5) is 19.4. The van der Waals surface area contributed by atoms with Gasteiger partial charge in [-0.2, -0.15) is 0 Å². The van der Waals surface area contributed by atoms with Gasteiger partial charge in [0.2, 0.25) is 0 Å². The zero-order valence-corrected chi connectivity index (χ0v) is 17.9. The summed E-state index contributed by atoms with van der Waals surface area (Å²) in [6.45, 7) is 2.54. The Bertz CT molecular complexity index is 1020. The van der Waals surface area contributed by atoms with Crippen molar-refractivity contribution in [3.05, 3.63) is 52.9 Å². The first-order valence-electron chi connectivity index (χ1n) is 9.29. The molecule has 1 saturated heterocycles. The lowest BCUT2D eigenvalue weighted by Crippen LogP contribution is -2.23. The maximum Gasteiger partial charge on any atom is 0.266 e. The number of terminal acetylenes is 1. The van der Waals surface area contributed by atoms with Gasteiger partial charge in [0.25, 0.3) is 5.91 Å². The van der Waals surface area contributed by atoms with Gasteiger partial charge >= 0.3 is 0 Å². The number of carbonyl (C=O) groups is 1. The van der Waals surface area contributed by atoms with Crippen LogP contribution in [0.1, 0.15) is 12.5 Å². The summed E-state index contributed by atoms with van der Waals surface area (Å²) in [5.74, 6) is 4.23. The van der Waals surface area contributed by atoms with Gasteiger partial charge in [-0.3, -0.25) is 9.69 Å². The molecule has 0 N–H and O–H groups in total. The van der Waals surface area contributed by atoms with Crippen LogP contribution in [-0.2, 0) is 4.79 Å². The van der Waals surface area contributed by atoms with Crippen LogP contribution in [0.15, 0.2) is 52.4 Å². The lowest BCUT2D eigenvalue weighted by Gasteiger charge is -2.11. The summed E-state index contributed by atoms with van der Waals surface area (Å²) in [5, 5.41) is 0.607. The maximum atomic E-state index is 12.7. The number of methoxy groups -OCH3 is 1. The molecule has 0 radical (unpaired) electrons. The Balaban J connectivity index is 1.84. The number of aliphatic imine (C=N–C) groups is 1. The topological polar surface area (TPSA) is 60.4 Å². The highest BCUT2D eigenvalue weighted by Crippen LogP contribution is 2.35. The predicted molar refractivity (Wildman–Crippen MR) is 120 cm³/mol. The summed E-state index contributed by atoms with van der Waals surface area (Å²) in [6.07, 6.45) is 7.08. The van der Waals surface area contributed by atoms with E-state index in [2.05, 4.69) is 10.9 Å². The Morgan fingerprint density at radius 2 is 1.93 bits per heavy atom. The first kappa shape index (κ1) is 21.3. The van der Waals surface area contributed by atoms with E-state index in [4.69, 9.17) is 20.6 Å². The second kappa shape index (κ2) is 9.90. The number of thioether (sulfide) groups is 1. The third-order valence-electron chi connectivity index (χ3n) is 4.18. The average molecular weight is 423 g/mol. The minimum absolute atomic E-state index is 0.113. The van der Waals surface area contributed by atoms with Gasteiger partial charge in [-0.05, 0) is 66.7 Å². The Morgan fingerprint density at radius 3 is 2.60 bits per heavy atom. The number of amides is 1. The van der Waals surface area contributed by atoms with Crippen molar-refractivity contribution in [2.45, 2.75) is 6.92 Å². The molecule has 0 saturated carbocycles. The van der Waals surface area contributed by atoms with Crippen LogP contribution in [0.4, 0.5) is 5.69 Å². The number of amidine groups is 1. The summed E-state index contributed by atoms with van der Waals surface area (Å²) in [7, 11) is 3.32. The van der Waals surface area contributed by atoms with Gasteiger partial charge in [0.1, 0.15) is 12.4 Å². The molecule has 6 nitrogen and oxygen atoms in total. The first-order chi connectivity index (χ1) is 14.5. The van der Waals surface area contributed by atoms with E-state index in [1.54, 1.807) is 20.2 Å². The molecule has 1 amide bonds. The van der Waals surface area contributed by atoms with Crippen LogP contribution in [0.5, 0.6) is 17.2 Å². The van der Waals surface area contributed by atoms with Crippen molar-refractivity contribution in [1.82, 2.24) is 4.90 Å². The molecule has 1 aliphatic rings. The molecule has 0 aromatic heterocycles. The molecule has 0 unspecified atom stereocenters. The second-order valence-corrected chi connectivity index (χ2v) is 7.21. The molecule has 30 heavy (non-hydrogen) atoms. The van der Waals surface area contributed by atoms with Crippen LogP contribution in [-0.4, -0.2) is 43.3 Å². The summed E-state index contributed by atoms with van der Waals surface area (Å²) in [5.41, 5.74) is 1.56. The van der Waals surface area contributed by atoms with Crippen LogP contribution in [0.2, 0.25) is 0 Å². The van der Waals surface area contributed by atoms with Gasteiger partial charge in [0.05, 0.1) is 24.3 Å². The van der Waals surface area contributed by atoms with Crippen LogP contribution >= 0.6 is 11.8 Å². The maximum absolute atomic E-state index is 12.7. The van der Waals surface area contributed by atoms with E-state index in [0.29, 0.717) is 28.2 Å². The van der Waals surface area contributed by atoms with Crippen LogP contribution in [0.25, 0.3) is 6.08 Å². The molecule has 7 heteroatoms. The number of benzene rings is 2. The fourth-order valence-corrected chi connectivity index (χ4v) is 3.68. The van der Waals surface area contributed by atoms with Gasteiger partial charge in [0, 0.05) is 7.05 Å². The van der Waals surface area contributed by atoms with Crippen molar-refractivity contribution in [3.63, 3.8) is 0 Å². The smallest absolute Gasteiger partial charge is 0.266 e.